The van der Waals surface area contributed by atoms with Gasteiger partial charge in [0.05, 0.1) is 5.25 Å². The van der Waals surface area contributed by atoms with Crippen LogP contribution in [0.2, 0.25) is 0 Å². The molecule has 0 saturated carbocycles. The molecule has 0 aliphatic carbocycles. The number of thioether (sulfide) groups is 1. The highest BCUT2D eigenvalue weighted by Gasteiger charge is 2.38. The Morgan fingerprint density at radius 1 is 1.43 bits per heavy atom. The zero-order chi connectivity index (χ0) is 15.6. The van der Waals surface area contributed by atoms with Gasteiger partial charge in [0.2, 0.25) is 11.8 Å². The highest BCUT2D eigenvalue weighted by molar-refractivity contribution is 8.01. The number of carbonyl (C=O) groups is 2. The lowest BCUT2D eigenvalue weighted by Crippen LogP contribution is -2.34. The molecule has 1 aromatic rings. The summed E-state index contributed by atoms with van der Waals surface area (Å²) in [4.78, 5) is 27.1. The Bertz CT molecular complexity index is 550. The second-order valence-corrected chi connectivity index (χ2v) is 6.68. The van der Waals surface area contributed by atoms with E-state index in [1.54, 1.807) is 25.1 Å². The van der Waals surface area contributed by atoms with E-state index in [9.17, 15) is 14.0 Å². The minimum atomic E-state index is -0.315. The Balaban J connectivity index is 2.15. The third-order valence-corrected chi connectivity index (χ3v) is 4.84. The zero-order valence-corrected chi connectivity index (χ0v) is 13.2. The summed E-state index contributed by atoms with van der Waals surface area (Å²) < 4.78 is 13.4. The summed E-state index contributed by atoms with van der Waals surface area (Å²) in [6.07, 6.45) is 0.276. The van der Waals surface area contributed by atoms with Gasteiger partial charge >= 0.3 is 0 Å². The second-order valence-electron chi connectivity index (χ2n) is 5.26. The minimum absolute atomic E-state index is 0.000757. The number of hydrogen-bond donors (Lipinski definition) is 0. The van der Waals surface area contributed by atoms with Crippen LogP contribution in [-0.2, 0) is 9.59 Å². The monoisotopic (exact) mass is 310 g/mol. The SMILES string of the molecule is C[C@H]1S[C@H](c2cccc(F)c2)N(CCC(=O)N(C)C)C1=O. The summed E-state index contributed by atoms with van der Waals surface area (Å²) in [5.41, 5.74) is 0.759. The van der Waals surface area contributed by atoms with Crippen molar-refractivity contribution in [3.63, 3.8) is 0 Å². The Hall–Kier alpha value is -1.56. The van der Waals surface area contributed by atoms with Crippen molar-refractivity contribution in [2.24, 2.45) is 0 Å². The summed E-state index contributed by atoms with van der Waals surface area (Å²) in [6, 6.07) is 6.28. The van der Waals surface area contributed by atoms with Gasteiger partial charge in [0, 0.05) is 27.1 Å². The van der Waals surface area contributed by atoms with Gasteiger partial charge < -0.3 is 9.80 Å². The number of halogens is 1. The molecule has 1 saturated heterocycles. The molecule has 4 nitrogen and oxygen atoms in total. The summed E-state index contributed by atoms with van der Waals surface area (Å²) in [5.74, 6) is -0.337. The van der Waals surface area contributed by atoms with Gasteiger partial charge in [0.1, 0.15) is 11.2 Å². The maximum Gasteiger partial charge on any atom is 0.236 e. The smallest absolute Gasteiger partial charge is 0.236 e. The van der Waals surface area contributed by atoms with Crippen LogP contribution in [0.5, 0.6) is 0 Å². The fourth-order valence-electron chi connectivity index (χ4n) is 2.26. The number of carbonyl (C=O) groups excluding carboxylic acids is 2. The fourth-order valence-corrected chi connectivity index (χ4v) is 3.56. The van der Waals surface area contributed by atoms with Crippen LogP contribution in [-0.4, -0.2) is 47.5 Å². The van der Waals surface area contributed by atoms with Crippen LogP contribution in [0.25, 0.3) is 0 Å². The van der Waals surface area contributed by atoms with Crippen molar-refractivity contribution in [2.45, 2.75) is 24.0 Å². The molecule has 1 aromatic carbocycles. The molecule has 0 spiro atoms. The molecule has 1 aliphatic rings. The first-order chi connectivity index (χ1) is 9.90. The van der Waals surface area contributed by atoms with Crippen molar-refractivity contribution >= 4 is 23.6 Å². The molecular weight excluding hydrogens is 291 g/mol. The predicted octanol–water partition coefficient (Wildman–Crippen LogP) is 2.27. The van der Waals surface area contributed by atoms with Gasteiger partial charge in [-0.3, -0.25) is 9.59 Å². The molecule has 21 heavy (non-hydrogen) atoms. The standard InChI is InChI=1S/C15H19FN2O2S/c1-10-14(20)18(8-7-13(19)17(2)3)15(21-10)11-5-4-6-12(16)9-11/h4-6,9-10,15H,7-8H2,1-3H3/t10-,15-/m1/s1. The topological polar surface area (TPSA) is 40.6 Å². The average Bonchev–Trinajstić information content (AvgIpc) is 2.72. The van der Waals surface area contributed by atoms with Crippen molar-refractivity contribution in [1.82, 2.24) is 9.80 Å². The van der Waals surface area contributed by atoms with E-state index in [1.165, 1.54) is 28.8 Å². The van der Waals surface area contributed by atoms with E-state index in [-0.39, 0.29) is 34.7 Å². The molecule has 1 heterocycles. The van der Waals surface area contributed by atoms with Crippen LogP contribution in [0.15, 0.2) is 24.3 Å². The molecule has 0 N–H and O–H groups in total. The quantitative estimate of drug-likeness (QED) is 0.856. The number of rotatable bonds is 4. The fraction of sp³-hybridized carbons (Fsp3) is 0.467. The van der Waals surface area contributed by atoms with Gasteiger partial charge in [-0.15, -0.1) is 11.8 Å². The van der Waals surface area contributed by atoms with E-state index in [1.807, 2.05) is 13.0 Å². The lowest BCUT2D eigenvalue weighted by Gasteiger charge is -2.24. The van der Waals surface area contributed by atoms with Crippen LogP contribution in [0.1, 0.15) is 24.3 Å². The zero-order valence-electron chi connectivity index (χ0n) is 12.4. The maximum atomic E-state index is 13.4. The van der Waals surface area contributed by atoms with E-state index in [0.717, 1.165) is 5.56 Å². The normalized spacial score (nSPS) is 21.7. The summed E-state index contributed by atoms with van der Waals surface area (Å²) in [7, 11) is 3.38. The molecule has 2 atom stereocenters. The molecule has 0 aromatic heterocycles. The van der Waals surface area contributed by atoms with Gasteiger partial charge in [-0.05, 0) is 24.6 Å². The van der Waals surface area contributed by atoms with E-state index in [4.69, 9.17) is 0 Å². The van der Waals surface area contributed by atoms with E-state index >= 15 is 0 Å². The van der Waals surface area contributed by atoms with Gasteiger partial charge in [-0.2, -0.15) is 0 Å². The van der Waals surface area contributed by atoms with Crippen molar-refractivity contribution in [1.29, 1.82) is 0 Å². The molecule has 1 aliphatic heterocycles. The van der Waals surface area contributed by atoms with Crippen LogP contribution in [0, 0.1) is 5.82 Å². The largest absolute Gasteiger partial charge is 0.349 e. The third-order valence-electron chi connectivity index (χ3n) is 3.45. The van der Waals surface area contributed by atoms with Crippen molar-refractivity contribution < 1.29 is 14.0 Å². The first-order valence-electron chi connectivity index (χ1n) is 6.81. The molecule has 0 bridgehead atoms. The Labute approximate surface area is 128 Å². The molecule has 0 unspecified atom stereocenters. The third kappa shape index (κ3) is 3.56. The number of benzene rings is 1. The average molecular weight is 310 g/mol. The Kier molecular flexibility index (Phi) is 4.88. The minimum Gasteiger partial charge on any atom is -0.349 e. The van der Waals surface area contributed by atoms with E-state index in [0.29, 0.717) is 6.54 Å². The van der Waals surface area contributed by atoms with Crippen LogP contribution in [0.4, 0.5) is 4.39 Å². The summed E-state index contributed by atoms with van der Waals surface area (Å²) in [6.45, 7) is 2.20. The Morgan fingerprint density at radius 3 is 2.76 bits per heavy atom. The van der Waals surface area contributed by atoms with Gasteiger partial charge in [-0.25, -0.2) is 4.39 Å². The molecule has 2 amide bonds. The molecule has 6 heteroatoms. The first kappa shape index (κ1) is 15.8. The molecule has 1 fully saturated rings. The summed E-state index contributed by atoms with van der Waals surface area (Å²) >= 11 is 1.49. The van der Waals surface area contributed by atoms with E-state index in [2.05, 4.69) is 0 Å². The lowest BCUT2D eigenvalue weighted by molar-refractivity contribution is -0.132. The van der Waals surface area contributed by atoms with Crippen LogP contribution >= 0.6 is 11.8 Å². The van der Waals surface area contributed by atoms with Gasteiger partial charge in [-0.1, -0.05) is 12.1 Å². The van der Waals surface area contributed by atoms with Crippen LogP contribution in [0.3, 0.4) is 0 Å². The Morgan fingerprint density at radius 2 is 2.14 bits per heavy atom. The van der Waals surface area contributed by atoms with Gasteiger partial charge in [0.15, 0.2) is 0 Å². The lowest BCUT2D eigenvalue weighted by atomic mass is 10.2. The molecule has 2 rings (SSSR count). The first-order valence-corrected chi connectivity index (χ1v) is 7.76. The number of nitrogens with zero attached hydrogens (tertiary/aromatic N) is 2. The molecule has 0 radical (unpaired) electrons. The van der Waals surface area contributed by atoms with E-state index < -0.39 is 0 Å². The van der Waals surface area contributed by atoms with Crippen LogP contribution < -0.4 is 0 Å². The van der Waals surface area contributed by atoms with Crippen molar-refractivity contribution in [3.8, 4) is 0 Å². The molecular formula is C15H19FN2O2S. The molecule has 114 valence electrons. The van der Waals surface area contributed by atoms with Crippen molar-refractivity contribution in [3.05, 3.63) is 35.6 Å². The highest BCUT2D eigenvalue weighted by atomic mass is 32.2. The predicted molar refractivity (Wildman–Crippen MR) is 81.2 cm³/mol. The second kappa shape index (κ2) is 6.47. The number of hydrogen-bond acceptors (Lipinski definition) is 3. The van der Waals surface area contributed by atoms with Crippen molar-refractivity contribution in [2.75, 3.05) is 20.6 Å². The van der Waals surface area contributed by atoms with Gasteiger partial charge in [0.25, 0.3) is 0 Å². The maximum absolute atomic E-state index is 13.4. The number of amides is 2. The highest BCUT2D eigenvalue weighted by Crippen LogP contribution is 2.42. The summed E-state index contributed by atoms with van der Waals surface area (Å²) in [5, 5.41) is -0.397.